The minimum atomic E-state index is 0.0748. The Kier molecular flexibility index (Phi) is 5.17. The van der Waals surface area contributed by atoms with Crippen molar-refractivity contribution in [3.05, 3.63) is 35.4 Å². The van der Waals surface area contributed by atoms with E-state index in [1.807, 2.05) is 12.1 Å². The van der Waals surface area contributed by atoms with Crippen LogP contribution in [0.25, 0.3) is 0 Å². The second-order valence-corrected chi connectivity index (χ2v) is 7.05. The number of rotatable bonds is 4. The maximum absolute atomic E-state index is 12.6. The largest absolute Gasteiger partial charge is 0.395 e. The van der Waals surface area contributed by atoms with Crippen molar-refractivity contribution in [3.63, 3.8) is 0 Å². The molecule has 2 rings (SSSR count). The Bertz CT molecular complexity index is 471. The first-order valence-corrected chi connectivity index (χ1v) is 7.90. The molecule has 1 N–H and O–H groups in total. The van der Waals surface area contributed by atoms with Gasteiger partial charge in [-0.05, 0) is 30.4 Å². The Balaban J connectivity index is 2.05. The number of hydrogen-bond donors (Lipinski definition) is 1. The lowest BCUT2D eigenvalue weighted by Crippen LogP contribution is -2.40. The summed E-state index contributed by atoms with van der Waals surface area (Å²) >= 11 is 0. The number of nitrogens with zero attached hydrogens (tertiary/aromatic N) is 1. The minimum absolute atomic E-state index is 0.0748. The number of β-amino-alcohol motifs (C(OH)–C–C–N with tert-alkyl or cyclic N) is 1. The summed E-state index contributed by atoms with van der Waals surface area (Å²) in [7, 11) is 0. The Morgan fingerprint density at radius 2 is 1.95 bits per heavy atom. The molecule has 1 aliphatic heterocycles. The number of hydrogen-bond acceptors (Lipinski definition) is 3. The zero-order valence-corrected chi connectivity index (χ0v) is 13.4. The molecule has 3 heteroatoms. The number of aliphatic hydroxyl groups excluding tert-OH is 1. The standard InChI is InChI=1S/C18H27NO2/c1-18(2,3)16-8-6-14(7-9-16)17(21)15-5-4-10-19(13-15)11-12-20/h6-9,15,20H,4-5,10-13H2,1-3H3/t15-/m0/s1. The molecule has 0 aromatic heterocycles. The quantitative estimate of drug-likeness (QED) is 0.867. The van der Waals surface area contributed by atoms with Gasteiger partial charge in [0.1, 0.15) is 0 Å². The second-order valence-electron chi connectivity index (χ2n) is 7.05. The summed E-state index contributed by atoms with van der Waals surface area (Å²) in [6, 6.07) is 8.07. The third-order valence-electron chi connectivity index (χ3n) is 4.33. The topological polar surface area (TPSA) is 40.5 Å². The third kappa shape index (κ3) is 4.14. The molecule has 0 radical (unpaired) electrons. The van der Waals surface area contributed by atoms with Crippen molar-refractivity contribution in [3.8, 4) is 0 Å². The highest BCUT2D eigenvalue weighted by atomic mass is 16.3. The lowest BCUT2D eigenvalue weighted by Gasteiger charge is -2.31. The molecule has 1 fully saturated rings. The Morgan fingerprint density at radius 3 is 2.52 bits per heavy atom. The van der Waals surface area contributed by atoms with E-state index in [0.717, 1.165) is 31.5 Å². The number of piperidine rings is 1. The van der Waals surface area contributed by atoms with Gasteiger partial charge in [0.15, 0.2) is 5.78 Å². The first kappa shape index (κ1) is 16.2. The Hall–Kier alpha value is -1.19. The average molecular weight is 289 g/mol. The predicted octanol–water partition coefficient (Wildman–Crippen LogP) is 2.87. The molecule has 1 saturated heterocycles. The van der Waals surface area contributed by atoms with E-state index in [0.29, 0.717) is 6.54 Å². The monoisotopic (exact) mass is 289 g/mol. The predicted molar refractivity (Wildman–Crippen MR) is 85.7 cm³/mol. The number of ketones is 1. The number of aliphatic hydroxyl groups is 1. The van der Waals surface area contributed by atoms with Gasteiger partial charge >= 0.3 is 0 Å². The van der Waals surface area contributed by atoms with Gasteiger partial charge in [0, 0.05) is 24.6 Å². The van der Waals surface area contributed by atoms with Crippen molar-refractivity contribution in [2.45, 2.75) is 39.0 Å². The molecule has 0 spiro atoms. The number of benzene rings is 1. The third-order valence-corrected chi connectivity index (χ3v) is 4.33. The summed E-state index contributed by atoms with van der Waals surface area (Å²) < 4.78 is 0. The minimum Gasteiger partial charge on any atom is -0.395 e. The second kappa shape index (κ2) is 6.71. The molecule has 3 nitrogen and oxygen atoms in total. The molecule has 21 heavy (non-hydrogen) atoms. The van der Waals surface area contributed by atoms with Crippen molar-refractivity contribution in [1.82, 2.24) is 4.90 Å². The molecule has 0 bridgehead atoms. The van der Waals surface area contributed by atoms with Crippen LogP contribution in [0.2, 0.25) is 0 Å². The summed E-state index contributed by atoms with van der Waals surface area (Å²) in [5.74, 6) is 0.323. The zero-order chi connectivity index (χ0) is 15.5. The van der Waals surface area contributed by atoms with Crippen molar-refractivity contribution < 1.29 is 9.90 Å². The van der Waals surface area contributed by atoms with E-state index in [1.165, 1.54) is 5.56 Å². The highest BCUT2D eigenvalue weighted by Gasteiger charge is 2.26. The fraction of sp³-hybridized carbons (Fsp3) is 0.611. The molecule has 0 unspecified atom stereocenters. The van der Waals surface area contributed by atoms with Gasteiger partial charge in [0.05, 0.1) is 6.61 Å². The molecule has 0 amide bonds. The smallest absolute Gasteiger partial charge is 0.167 e. The maximum atomic E-state index is 12.6. The van der Waals surface area contributed by atoms with Gasteiger partial charge in [-0.3, -0.25) is 4.79 Å². The molecule has 1 aromatic rings. The van der Waals surface area contributed by atoms with E-state index < -0.39 is 0 Å². The van der Waals surface area contributed by atoms with Gasteiger partial charge in [-0.1, -0.05) is 45.0 Å². The number of carbonyl (C=O) groups is 1. The maximum Gasteiger partial charge on any atom is 0.167 e. The lowest BCUT2D eigenvalue weighted by atomic mass is 9.85. The van der Waals surface area contributed by atoms with E-state index in [1.54, 1.807) is 0 Å². The average Bonchev–Trinajstić information content (AvgIpc) is 2.46. The molecule has 116 valence electrons. The summed E-state index contributed by atoms with van der Waals surface area (Å²) in [6.45, 7) is 9.15. The summed E-state index contributed by atoms with van der Waals surface area (Å²) in [6.07, 6.45) is 2.00. The Morgan fingerprint density at radius 1 is 1.29 bits per heavy atom. The molecule has 1 atom stereocenters. The van der Waals surface area contributed by atoms with Crippen LogP contribution in [0.5, 0.6) is 0 Å². The van der Waals surface area contributed by atoms with Crippen LogP contribution in [0.3, 0.4) is 0 Å². The van der Waals surface area contributed by atoms with Crippen molar-refractivity contribution >= 4 is 5.78 Å². The van der Waals surface area contributed by atoms with E-state index >= 15 is 0 Å². The molecule has 0 saturated carbocycles. The van der Waals surface area contributed by atoms with Crippen LogP contribution in [-0.2, 0) is 5.41 Å². The lowest BCUT2D eigenvalue weighted by molar-refractivity contribution is 0.0794. The molecular weight excluding hydrogens is 262 g/mol. The molecule has 0 aliphatic carbocycles. The van der Waals surface area contributed by atoms with Gasteiger partial charge in [-0.2, -0.15) is 0 Å². The fourth-order valence-corrected chi connectivity index (χ4v) is 2.98. The van der Waals surface area contributed by atoms with Gasteiger partial charge in [-0.25, -0.2) is 0 Å². The van der Waals surface area contributed by atoms with Gasteiger partial charge in [0.25, 0.3) is 0 Å². The zero-order valence-electron chi connectivity index (χ0n) is 13.4. The summed E-state index contributed by atoms with van der Waals surface area (Å²) in [5, 5.41) is 9.04. The SMILES string of the molecule is CC(C)(C)c1ccc(C(=O)[C@H]2CCCN(CCO)C2)cc1. The first-order chi connectivity index (χ1) is 9.91. The van der Waals surface area contributed by atoms with Crippen LogP contribution >= 0.6 is 0 Å². The van der Waals surface area contributed by atoms with E-state index in [-0.39, 0.29) is 23.7 Å². The van der Waals surface area contributed by atoms with Crippen molar-refractivity contribution in [2.24, 2.45) is 5.92 Å². The Labute approximate surface area is 128 Å². The number of carbonyl (C=O) groups excluding carboxylic acids is 1. The number of likely N-dealkylation sites (tertiary alicyclic amines) is 1. The highest BCUT2D eigenvalue weighted by molar-refractivity contribution is 5.98. The van der Waals surface area contributed by atoms with Crippen LogP contribution in [0.15, 0.2) is 24.3 Å². The van der Waals surface area contributed by atoms with Gasteiger partial charge in [-0.15, -0.1) is 0 Å². The molecule has 1 aromatic carbocycles. The van der Waals surface area contributed by atoms with E-state index in [2.05, 4.69) is 37.8 Å². The molecular formula is C18H27NO2. The van der Waals surface area contributed by atoms with Gasteiger partial charge < -0.3 is 10.0 Å². The van der Waals surface area contributed by atoms with Crippen LogP contribution in [0.4, 0.5) is 0 Å². The van der Waals surface area contributed by atoms with Crippen LogP contribution < -0.4 is 0 Å². The summed E-state index contributed by atoms with van der Waals surface area (Å²) in [5.41, 5.74) is 2.19. The normalized spacial score (nSPS) is 20.5. The van der Waals surface area contributed by atoms with Gasteiger partial charge in [0.2, 0.25) is 0 Å². The first-order valence-electron chi connectivity index (χ1n) is 7.90. The van der Waals surface area contributed by atoms with Crippen LogP contribution in [0, 0.1) is 5.92 Å². The van der Waals surface area contributed by atoms with Crippen molar-refractivity contribution in [1.29, 1.82) is 0 Å². The van der Waals surface area contributed by atoms with Crippen molar-refractivity contribution in [2.75, 3.05) is 26.2 Å². The van der Waals surface area contributed by atoms with Crippen LogP contribution in [-0.4, -0.2) is 42.0 Å². The van der Waals surface area contributed by atoms with Crippen LogP contribution in [0.1, 0.15) is 49.5 Å². The summed E-state index contributed by atoms with van der Waals surface area (Å²) in [4.78, 5) is 14.8. The highest BCUT2D eigenvalue weighted by Crippen LogP contribution is 2.25. The number of Topliss-reactive ketones (excluding diaryl/α,β-unsaturated/α-hetero) is 1. The van der Waals surface area contributed by atoms with E-state index in [4.69, 9.17) is 5.11 Å². The molecule has 1 heterocycles. The van der Waals surface area contributed by atoms with E-state index in [9.17, 15) is 4.79 Å². The fourth-order valence-electron chi connectivity index (χ4n) is 2.98. The molecule has 1 aliphatic rings.